The van der Waals surface area contributed by atoms with Crippen LogP contribution in [-0.4, -0.2) is 16.4 Å². The maximum atomic E-state index is 12.3. The molecule has 0 aliphatic heterocycles. The lowest BCUT2D eigenvalue weighted by Gasteiger charge is -2.14. The highest BCUT2D eigenvalue weighted by molar-refractivity contribution is 6.35. The number of amides is 2. The number of hydrogen-bond donors (Lipinski definition) is 2. The van der Waals surface area contributed by atoms with Gasteiger partial charge < -0.3 is 4.57 Å². The Morgan fingerprint density at radius 2 is 1.58 bits per heavy atom. The van der Waals surface area contributed by atoms with Crippen LogP contribution in [-0.2, 0) is 0 Å². The molecule has 128 valence electrons. The zero-order valence-electron chi connectivity index (χ0n) is 13.9. The van der Waals surface area contributed by atoms with Gasteiger partial charge in [-0.05, 0) is 52.0 Å². The molecule has 0 saturated heterocycles. The lowest BCUT2D eigenvalue weighted by Crippen LogP contribution is -2.41. The minimum Gasteiger partial charge on any atom is -0.346 e. The van der Waals surface area contributed by atoms with Crippen molar-refractivity contribution in [2.45, 2.75) is 33.7 Å². The van der Waals surface area contributed by atoms with Gasteiger partial charge in [-0.1, -0.05) is 23.2 Å². The number of nitrogens with zero attached hydrogens (tertiary/aromatic N) is 1. The highest BCUT2D eigenvalue weighted by Crippen LogP contribution is 2.21. The molecule has 0 radical (unpaired) electrons. The summed E-state index contributed by atoms with van der Waals surface area (Å²) in [5.74, 6) is -0.921. The van der Waals surface area contributed by atoms with E-state index in [-0.39, 0.29) is 22.5 Å². The monoisotopic (exact) mass is 367 g/mol. The highest BCUT2D eigenvalue weighted by Gasteiger charge is 2.18. The lowest BCUT2D eigenvalue weighted by molar-refractivity contribution is 0.0846. The van der Waals surface area contributed by atoms with Crippen molar-refractivity contribution in [2.24, 2.45) is 0 Å². The molecule has 0 bridgehead atoms. The van der Waals surface area contributed by atoms with Crippen LogP contribution < -0.4 is 10.9 Å². The van der Waals surface area contributed by atoms with Crippen LogP contribution in [0, 0.1) is 13.8 Å². The molecule has 24 heavy (non-hydrogen) atoms. The van der Waals surface area contributed by atoms with Crippen LogP contribution in [0.15, 0.2) is 24.3 Å². The smallest absolute Gasteiger partial charge is 0.271 e. The zero-order chi connectivity index (χ0) is 18.0. The van der Waals surface area contributed by atoms with Crippen LogP contribution in [0.4, 0.5) is 0 Å². The predicted octanol–water partition coefficient (Wildman–Crippen LogP) is 4.07. The summed E-state index contributed by atoms with van der Waals surface area (Å²) in [6.45, 7) is 7.90. The third-order valence-electron chi connectivity index (χ3n) is 3.71. The lowest BCUT2D eigenvalue weighted by atomic mass is 10.2. The summed E-state index contributed by atoms with van der Waals surface area (Å²) in [7, 11) is 0. The molecule has 0 fully saturated rings. The maximum absolute atomic E-state index is 12.3. The fourth-order valence-electron chi connectivity index (χ4n) is 2.72. The first-order valence-corrected chi connectivity index (χ1v) is 8.22. The minimum atomic E-state index is -0.534. The van der Waals surface area contributed by atoms with Crippen molar-refractivity contribution in [3.05, 3.63) is 56.8 Å². The number of carbonyl (C=O) groups excluding carboxylic acids is 2. The normalized spacial score (nSPS) is 10.8. The molecule has 2 rings (SSSR count). The van der Waals surface area contributed by atoms with E-state index < -0.39 is 5.91 Å². The second-order valence-corrected chi connectivity index (χ2v) is 6.62. The predicted molar refractivity (Wildman–Crippen MR) is 95.7 cm³/mol. The number of aryl methyl sites for hydroxylation is 1. The second kappa shape index (κ2) is 7.28. The first-order chi connectivity index (χ1) is 11.2. The van der Waals surface area contributed by atoms with Crippen LogP contribution >= 0.6 is 23.2 Å². The number of carbonyl (C=O) groups is 2. The van der Waals surface area contributed by atoms with E-state index in [0.717, 1.165) is 11.4 Å². The van der Waals surface area contributed by atoms with Crippen LogP contribution in [0.2, 0.25) is 10.0 Å². The Labute approximate surface area is 150 Å². The maximum Gasteiger partial charge on any atom is 0.271 e. The number of nitrogens with one attached hydrogen (secondary N) is 2. The van der Waals surface area contributed by atoms with Gasteiger partial charge in [0.2, 0.25) is 0 Å². The summed E-state index contributed by atoms with van der Waals surface area (Å²) < 4.78 is 2.06. The molecule has 2 amide bonds. The molecule has 1 heterocycles. The third kappa shape index (κ3) is 3.74. The van der Waals surface area contributed by atoms with E-state index in [0.29, 0.717) is 10.6 Å². The summed E-state index contributed by atoms with van der Waals surface area (Å²) in [5.41, 5.74) is 7.30. The largest absolute Gasteiger partial charge is 0.346 e. The van der Waals surface area contributed by atoms with E-state index >= 15 is 0 Å². The molecule has 2 aromatic rings. The van der Waals surface area contributed by atoms with Crippen LogP contribution in [0.25, 0.3) is 0 Å². The minimum absolute atomic E-state index is 0.192. The Hall–Kier alpha value is -1.98. The quantitative estimate of drug-likeness (QED) is 0.803. The first-order valence-electron chi connectivity index (χ1n) is 7.46. The Kier molecular flexibility index (Phi) is 5.57. The molecule has 0 saturated carbocycles. The van der Waals surface area contributed by atoms with Gasteiger partial charge in [0.25, 0.3) is 11.8 Å². The number of rotatable bonds is 3. The summed E-state index contributed by atoms with van der Waals surface area (Å²) in [5, 5.41) is 0.639. The number of aromatic nitrogens is 1. The average molecular weight is 368 g/mol. The van der Waals surface area contributed by atoms with Crippen molar-refractivity contribution in [1.82, 2.24) is 15.4 Å². The molecule has 1 aromatic carbocycles. The molecule has 0 atom stereocenters. The van der Waals surface area contributed by atoms with Gasteiger partial charge in [-0.3, -0.25) is 20.4 Å². The molecule has 0 spiro atoms. The fourth-order valence-corrected chi connectivity index (χ4v) is 3.10. The Balaban J connectivity index is 2.12. The summed E-state index contributed by atoms with van der Waals surface area (Å²) >= 11 is 11.8. The van der Waals surface area contributed by atoms with Gasteiger partial charge in [0.15, 0.2) is 0 Å². The van der Waals surface area contributed by atoms with Gasteiger partial charge in [-0.2, -0.15) is 0 Å². The average Bonchev–Trinajstić information content (AvgIpc) is 2.81. The topological polar surface area (TPSA) is 63.1 Å². The SMILES string of the molecule is Cc1cc(C(=O)NNC(=O)c2cc(Cl)ccc2Cl)c(C)n1C(C)C. The van der Waals surface area contributed by atoms with Crippen LogP contribution in [0.3, 0.4) is 0 Å². The van der Waals surface area contributed by atoms with Crippen molar-refractivity contribution in [1.29, 1.82) is 0 Å². The molecular weight excluding hydrogens is 349 g/mol. The second-order valence-electron chi connectivity index (χ2n) is 5.78. The number of hydrazine groups is 1. The molecular formula is C17H19Cl2N3O2. The van der Waals surface area contributed by atoms with Gasteiger partial charge in [0, 0.05) is 22.5 Å². The Bertz CT molecular complexity index is 797. The standard InChI is InChI=1S/C17H19Cl2N3O2/c1-9(2)22-10(3)7-13(11(22)4)16(23)20-21-17(24)14-8-12(18)5-6-15(14)19/h5-9H,1-4H3,(H,20,23)(H,21,24). The molecule has 0 unspecified atom stereocenters. The van der Waals surface area contributed by atoms with E-state index in [1.54, 1.807) is 12.1 Å². The summed E-state index contributed by atoms with van der Waals surface area (Å²) in [4.78, 5) is 24.5. The zero-order valence-corrected chi connectivity index (χ0v) is 15.4. The van der Waals surface area contributed by atoms with Gasteiger partial charge >= 0.3 is 0 Å². The number of halogens is 2. The van der Waals surface area contributed by atoms with Crippen molar-refractivity contribution < 1.29 is 9.59 Å². The van der Waals surface area contributed by atoms with Crippen molar-refractivity contribution in [2.75, 3.05) is 0 Å². The van der Waals surface area contributed by atoms with Gasteiger partial charge in [0.05, 0.1) is 16.1 Å². The van der Waals surface area contributed by atoms with E-state index in [9.17, 15) is 9.59 Å². The molecule has 1 aromatic heterocycles. The van der Waals surface area contributed by atoms with Crippen molar-refractivity contribution in [3.63, 3.8) is 0 Å². The molecule has 2 N–H and O–H groups in total. The van der Waals surface area contributed by atoms with Gasteiger partial charge in [-0.25, -0.2) is 0 Å². The Morgan fingerprint density at radius 3 is 2.12 bits per heavy atom. The van der Waals surface area contributed by atoms with E-state index in [1.165, 1.54) is 12.1 Å². The summed E-state index contributed by atoms with van der Waals surface area (Å²) in [6.07, 6.45) is 0. The molecule has 5 nitrogen and oxygen atoms in total. The van der Waals surface area contributed by atoms with Crippen LogP contribution in [0.5, 0.6) is 0 Å². The number of hydrogen-bond acceptors (Lipinski definition) is 2. The van der Waals surface area contributed by atoms with Crippen molar-refractivity contribution >= 4 is 35.0 Å². The van der Waals surface area contributed by atoms with Gasteiger partial charge in [-0.15, -0.1) is 0 Å². The third-order valence-corrected chi connectivity index (χ3v) is 4.27. The van der Waals surface area contributed by atoms with Gasteiger partial charge in [0.1, 0.15) is 0 Å². The summed E-state index contributed by atoms with van der Waals surface area (Å²) in [6, 6.07) is 6.59. The van der Waals surface area contributed by atoms with Crippen molar-refractivity contribution in [3.8, 4) is 0 Å². The Morgan fingerprint density at radius 1 is 1.00 bits per heavy atom. The van der Waals surface area contributed by atoms with Crippen LogP contribution in [0.1, 0.15) is 52.0 Å². The van der Waals surface area contributed by atoms with E-state index in [2.05, 4.69) is 15.4 Å². The molecule has 0 aliphatic carbocycles. The van der Waals surface area contributed by atoms with E-state index in [1.807, 2.05) is 27.7 Å². The number of benzene rings is 1. The highest BCUT2D eigenvalue weighted by atomic mass is 35.5. The van der Waals surface area contributed by atoms with E-state index in [4.69, 9.17) is 23.2 Å². The molecule has 7 heteroatoms. The first kappa shape index (κ1) is 18.4. The fraction of sp³-hybridized carbons (Fsp3) is 0.294. The molecule has 0 aliphatic rings.